The lowest BCUT2D eigenvalue weighted by atomic mass is 9.78. The molecule has 0 spiro atoms. The van der Waals surface area contributed by atoms with Crippen LogP contribution in [0.5, 0.6) is 17.2 Å². The summed E-state index contributed by atoms with van der Waals surface area (Å²) in [5.74, 6) is 1.24. The summed E-state index contributed by atoms with van der Waals surface area (Å²) < 4.78 is 17.3. The second-order valence-corrected chi connectivity index (χ2v) is 9.24. The number of benzene rings is 3. The van der Waals surface area contributed by atoms with Crippen LogP contribution in [0.4, 0.5) is 11.4 Å². The quantitative estimate of drug-likeness (QED) is 0.498. The predicted molar refractivity (Wildman–Crippen MR) is 139 cm³/mol. The van der Waals surface area contributed by atoms with Crippen LogP contribution in [-0.4, -0.2) is 31.0 Å². The van der Waals surface area contributed by atoms with Crippen LogP contribution in [0.3, 0.4) is 0 Å². The Morgan fingerprint density at radius 3 is 2.46 bits per heavy atom. The molecule has 2 N–H and O–H groups in total. The molecule has 0 unspecified atom stereocenters. The Hall–Kier alpha value is -3.78. The second kappa shape index (κ2) is 8.78. The molecule has 2 aliphatic rings. The number of ether oxygens (including phenoxy) is 3. The molecular formula is C27H27N3O4S. The van der Waals surface area contributed by atoms with E-state index in [1.54, 1.807) is 14.2 Å². The lowest BCUT2D eigenvalue weighted by molar-refractivity contribution is -0.130. The number of thiocarbonyl (C=S) groups is 1. The van der Waals surface area contributed by atoms with Gasteiger partial charge in [0.05, 0.1) is 20.3 Å². The molecule has 2 aliphatic heterocycles. The van der Waals surface area contributed by atoms with Crippen LogP contribution in [0.15, 0.2) is 66.7 Å². The number of carbonyl (C=O) groups excluding carboxylic acids is 1. The summed E-state index contributed by atoms with van der Waals surface area (Å²) >= 11 is 5.82. The van der Waals surface area contributed by atoms with Gasteiger partial charge >= 0.3 is 0 Å². The molecule has 7 nitrogen and oxygen atoms in total. The fourth-order valence-corrected chi connectivity index (χ4v) is 5.35. The fraction of sp³-hybridized carbons (Fsp3) is 0.259. The summed E-state index contributed by atoms with van der Waals surface area (Å²) in [4.78, 5) is 15.8. The van der Waals surface area contributed by atoms with Gasteiger partial charge < -0.3 is 24.8 Å². The molecule has 3 aromatic carbocycles. The van der Waals surface area contributed by atoms with E-state index in [4.69, 9.17) is 26.4 Å². The number of carbonyl (C=O) groups is 1. The number of aryl methyl sites for hydroxylation is 1. The molecule has 2 bridgehead atoms. The molecule has 180 valence electrons. The van der Waals surface area contributed by atoms with Gasteiger partial charge in [-0.25, -0.2) is 0 Å². The van der Waals surface area contributed by atoms with Gasteiger partial charge in [-0.1, -0.05) is 12.1 Å². The van der Waals surface area contributed by atoms with Crippen molar-refractivity contribution in [2.24, 2.45) is 5.92 Å². The summed E-state index contributed by atoms with van der Waals surface area (Å²) in [6, 6.07) is 20.4. The van der Waals surface area contributed by atoms with Crippen LogP contribution in [0.2, 0.25) is 0 Å². The Bertz CT molecular complexity index is 1300. The molecule has 0 radical (unpaired) electrons. The Labute approximate surface area is 210 Å². The zero-order chi connectivity index (χ0) is 24.7. The highest BCUT2D eigenvalue weighted by atomic mass is 32.1. The molecular weight excluding hydrogens is 462 g/mol. The summed E-state index contributed by atoms with van der Waals surface area (Å²) in [6.45, 7) is 3.94. The van der Waals surface area contributed by atoms with E-state index < -0.39 is 17.7 Å². The second-order valence-electron chi connectivity index (χ2n) is 8.86. The molecule has 5 rings (SSSR count). The zero-order valence-corrected chi connectivity index (χ0v) is 20.8. The van der Waals surface area contributed by atoms with Gasteiger partial charge in [-0.2, -0.15) is 0 Å². The fourth-order valence-electron chi connectivity index (χ4n) is 4.94. The average molecular weight is 490 g/mol. The van der Waals surface area contributed by atoms with E-state index >= 15 is 0 Å². The number of hydrogen-bond donors (Lipinski definition) is 2. The minimum atomic E-state index is -1.08. The number of nitrogens with one attached hydrogen (secondary N) is 2. The highest BCUT2D eigenvalue weighted by Crippen LogP contribution is 2.50. The van der Waals surface area contributed by atoms with Gasteiger partial charge in [-0.3, -0.25) is 9.69 Å². The number of anilines is 2. The topological polar surface area (TPSA) is 72.1 Å². The molecule has 1 fully saturated rings. The first kappa shape index (κ1) is 23.0. The number of fused-ring (bicyclic) bond motifs is 4. The van der Waals surface area contributed by atoms with Gasteiger partial charge in [0.2, 0.25) is 5.91 Å². The van der Waals surface area contributed by atoms with Crippen LogP contribution in [0.1, 0.15) is 24.1 Å². The van der Waals surface area contributed by atoms with Crippen LogP contribution in [-0.2, 0) is 4.79 Å². The predicted octanol–water partition coefficient (Wildman–Crippen LogP) is 4.81. The summed E-state index contributed by atoms with van der Waals surface area (Å²) in [7, 11) is 3.22. The molecule has 2 heterocycles. The van der Waals surface area contributed by atoms with E-state index in [0.717, 1.165) is 16.8 Å². The van der Waals surface area contributed by atoms with Crippen LogP contribution in [0, 0.1) is 12.8 Å². The van der Waals surface area contributed by atoms with Crippen molar-refractivity contribution in [3.8, 4) is 17.2 Å². The van der Waals surface area contributed by atoms with Gasteiger partial charge in [-0.05, 0) is 86.2 Å². The molecule has 1 saturated heterocycles. The van der Waals surface area contributed by atoms with Crippen molar-refractivity contribution in [2.45, 2.75) is 25.6 Å². The van der Waals surface area contributed by atoms with E-state index in [0.29, 0.717) is 28.0 Å². The summed E-state index contributed by atoms with van der Waals surface area (Å²) in [6.07, 6.45) is 0. The molecule has 35 heavy (non-hydrogen) atoms. The number of nitrogens with zero attached hydrogens (tertiary/aromatic N) is 1. The molecule has 3 atom stereocenters. The first-order valence-electron chi connectivity index (χ1n) is 11.3. The maximum Gasteiger partial charge on any atom is 0.236 e. The van der Waals surface area contributed by atoms with E-state index in [1.807, 2.05) is 85.5 Å². The largest absolute Gasteiger partial charge is 0.497 e. The van der Waals surface area contributed by atoms with Gasteiger partial charge in [0.15, 0.2) is 10.8 Å². The minimum absolute atomic E-state index is 0.191. The number of amides is 1. The van der Waals surface area contributed by atoms with Crippen molar-refractivity contribution in [1.29, 1.82) is 0 Å². The number of hydrogen-bond acceptors (Lipinski definition) is 5. The van der Waals surface area contributed by atoms with Crippen LogP contribution < -0.4 is 29.7 Å². The monoisotopic (exact) mass is 489 g/mol. The smallest absolute Gasteiger partial charge is 0.236 e. The maximum absolute atomic E-state index is 13.9. The minimum Gasteiger partial charge on any atom is -0.497 e. The Morgan fingerprint density at radius 2 is 1.77 bits per heavy atom. The highest BCUT2D eigenvalue weighted by molar-refractivity contribution is 7.80. The summed E-state index contributed by atoms with van der Waals surface area (Å²) in [5, 5.41) is 6.97. The average Bonchev–Trinajstić information content (AvgIpc) is 2.83. The molecule has 3 aromatic rings. The standard InChI is InChI=1S/C27H27N3O4S/c1-16-6-5-7-18(14-16)30-26(35)29-24-21-15-20(33-4)12-13-22(21)34-27(30,2)23(24)25(31)28-17-8-10-19(32-3)11-9-17/h5-15,23-24H,1-4H3,(H,28,31)(H,29,35)/t23-,24-,27+/m0/s1. The lowest BCUT2D eigenvalue weighted by Gasteiger charge is -2.56. The Morgan fingerprint density at radius 1 is 1.06 bits per heavy atom. The normalized spacial score (nSPS) is 22.4. The van der Waals surface area contributed by atoms with Crippen molar-refractivity contribution in [3.05, 3.63) is 77.9 Å². The van der Waals surface area contributed by atoms with Gasteiger partial charge in [0, 0.05) is 16.9 Å². The van der Waals surface area contributed by atoms with Crippen molar-refractivity contribution in [1.82, 2.24) is 5.32 Å². The highest BCUT2D eigenvalue weighted by Gasteiger charge is 2.59. The summed E-state index contributed by atoms with van der Waals surface area (Å²) in [5.41, 5.74) is 2.33. The van der Waals surface area contributed by atoms with Gasteiger partial charge in [-0.15, -0.1) is 0 Å². The number of methoxy groups -OCH3 is 2. The van der Waals surface area contributed by atoms with E-state index in [-0.39, 0.29) is 5.91 Å². The molecule has 0 aliphatic carbocycles. The van der Waals surface area contributed by atoms with Gasteiger partial charge in [0.25, 0.3) is 0 Å². The third-order valence-corrected chi connectivity index (χ3v) is 6.91. The molecule has 0 saturated carbocycles. The first-order valence-corrected chi connectivity index (χ1v) is 11.7. The van der Waals surface area contributed by atoms with Crippen molar-refractivity contribution < 1.29 is 19.0 Å². The third kappa shape index (κ3) is 3.93. The van der Waals surface area contributed by atoms with Crippen LogP contribution >= 0.6 is 12.2 Å². The lowest BCUT2D eigenvalue weighted by Crippen LogP contribution is -2.72. The Balaban J connectivity index is 1.60. The van der Waals surface area contributed by atoms with Crippen molar-refractivity contribution in [2.75, 3.05) is 24.4 Å². The van der Waals surface area contributed by atoms with Gasteiger partial charge in [0.1, 0.15) is 23.2 Å². The third-order valence-electron chi connectivity index (χ3n) is 6.60. The molecule has 8 heteroatoms. The van der Waals surface area contributed by atoms with E-state index in [2.05, 4.69) is 10.6 Å². The van der Waals surface area contributed by atoms with E-state index in [9.17, 15) is 4.79 Å². The number of rotatable bonds is 5. The maximum atomic E-state index is 13.9. The van der Waals surface area contributed by atoms with Crippen molar-refractivity contribution >= 4 is 34.6 Å². The SMILES string of the molecule is COc1ccc(NC(=O)[C@@H]2[C@H]3NC(=S)N(c4cccc(C)c4)[C@]2(C)Oc2ccc(OC)cc23)cc1. The van der Waals surface area contributed by atoms with Crippen LogP contribution in [0.25, 0.3) is 0 Å². The van der Waals surface area contributed by atoms with E-state index in [1.165, 1.54) is 0 Å². The molecule has 0 aromatic heterocycles. The zero-order valence-electron chi connectivity index (χ0n) is 20.0. The first-order chi connectivity index (χ1) is 16.8. The molecule has 1 amide bonds. The van der Waals surface area contributed by atoms with Crippen molar-refractivity contribution in [3.63, 3.8) is 0 Å². The Kier molecular flexibility index (Phi) is 5.76.